The van der Waals surface area contributed by atoms with Crippen LogP contribution in [0.5, 0.6) is 0 Å². The molecule has 1 N–H and O–H groups in total. The quantitative estimate of drug-likeness (QED) is 0.798. The summed E-state index contributed by atoms with van der Waals surface area (Å²) >= 11 is 0. The van der Waals surface area contributed by atoms with Crippen molar-refractivity contribution in [2.24, 2.45) is 5.92 Å². The maximum absolute atomic E-state index is 12.5. The molecule has 0 saturated carbocycles. The summed E-state index contributed by atoms with van der Waals surface area (Å²) in [5, 5.41) is 2.91. The van der Waals surface area contributed by atoms with Gasteiger partial charge in [-0.25, -0.2) is 0 Å². The number of anilines is 1. The van der Waals surface area contributed by atoms with Crippen molar-refractivity contribution in [2.75, 3.05) is 18.4 Å². The highest BCUT2D eigenvalue weighted by atomic mass is 16.2. The number of hydrogen-bond acceptors (Lipinski definition) is 3. The van der Waals surface area contributed by atoms with E-state index in [9.17, 15) is 14.4 Å². The molecule has 1 aliphatic rings. The van der Waals surface area contributed by atoms with Crippen molar-refractivity contribution in [3.8, 4) is 0 Å². The van der Waals surface area contributed by atoms with Crippen molar-refractivity contribution in [2.45, 2.75) is 25.7 Å². The highest BCUT2D eigenvalue weighted by Crippen LogP contribution is 2.20. The van der Waals surface area contributed by atoms with Crippen molar-refractivity contribution in [3.05, 3.63) is 66.2 Å². The SMILES string of the molecule is O=C(CCC(=O)N1CCCC(C(=O)Nc2ccccc2)C1)c1ccccc1. The van der Waals surface area contributed by atoms with Gasteiger partial charge in [-0.05, 0) is 25.0 Å². The smallest absolute Gasteiger partial charge is 0.229 e. The molecule has 0 spiro atoms. The van der Waals surface area contributed by atoms with Crippen LogP contribution in [0, 0.1) is 5.92 Å². The molecule has 2 aromatic rings. The molecule has 0 aromatic heterocycles. The van der Waals surface area contributed by atoms with Gasteiger partial charge in [0.25, 0.3) is 0 Å². The number of Topliss-reactive ketones (excluding diaryl/α,β-unsaturated/α-hetero) is 1. The molecule has 1 saturated heterocycles. The van der Waals surface area contributed by atoms with E-state index in [4.69, 9.17) is 0 Å². The molecule has 1 atom stereocenters. The Morgan fingerprint density at radius 3 is 2.30 bits per heavy atom. The van der Waals surface area contributed by atoms with Gasteiger partial charge in [0.2, 0.25) is 11.8 Å². The van der Waals surface area contributed by atoms with Crippen molar-refractivity contribution in [1.29, 1.82) is 0 Å². The van der Waals surface area contributed by atoms with Gasteiger partial charge in [0.05, 0.1) is 5.92 Å². The molecule has 140 valence electrons. The number of piperidine rings is 1. The normalized spacial score (nSPS) is 16.6. The Kier molecular flexibility index (Phi) is 6.36. The number of nitrogens with zero attached hydrogens (tertiary/aromatic N) is 1. The van der Waals surface area contributed by atoms with Gasteiger partial charge in [-0.15, -0.1) is 0 Å². The van der Waals surface area contributed by atoms with Gasteiger partial charge in [-0.2, -0.15) is 0 Å². The van der Waals surface area contributed by atoms with E-state index in [1.807, 2.05) is 48.5 Å². The first-order valence-electron chi connectivity index (χ1n) is 9.35. The van der Waals surface area contributed by atoms with Crippen LogP contribution < -0.4 is 5.32 Å². The summed E-state index contributed by atoms with van der Waals surface area (Å²) in [4.78, 5) is 38.9. The lowest BCUT2D eigenvalue weighted by atomic mass is 9.96. The number of rotatable bonds is 6. The van der Waals surface area contributed by atoms with E-state index in [2.05, 4.69) is 5.32 Å². The average molecular weight is 364 g/mol. The summed E-state index contributed by atoms with van der Waals surface area (Å²) in [6.07, 6.45) is 1.94. The van der Waals surface area contributed by atoms with Gasteiger partial charge in [0.1, 0.15) is 0 Å². The second kappa shape index (κ2) is 9.12. The molecule has 0 radical (unpaired) electrons. The maximum atomic E-state index is 12.5. The van der Waals surface area contributed by atoms with Gasteiger partial charge in [-0.3, -0.25) is 14.4 Å². The number of amides is 2. The van der Waals surface area contributed by atoms with E-state index in [1.54, 1.807) is 17.0 Å². The minimum absolute atomic E-state index is 0.0284. The Morgan fingerprint density at radius 1 is 0.926 bits per heavy atom. The molecule has 5 heteroatoms. The van der Waals surface area contributed by atoms with Crippen LogP contribution >= 0.6 is 0 Å². The standard InChI is InChI=1S/C22H24N2O3/c25-20(17-8-3-1-4-9-17)13-14-21(26)24-15-7-10-18(16-24)22(27)23-19-11-5-2-6-12-19/h1-6,8-9,11-12,18H,7,10,13-16H2,(H,23,27). The minimum atomic E-state index is -0.215. The number of carbonyl (C=O) groups excluding carboxylic acids is 3. The van der Waals surface area contributed by atoms with Crippen LogP contribution in [-0.2, 0) is 9.59 Å². The number of benzene rings is 2. The number of hydrogen-bond donors (Lipinski definition) is 1. The Bertz CT molecular complexity index is 790. The molecule has 5 nitrogen and oxygen atoms in total. The lowest BCUT2D eigenvalue weighted by Gasteiger charge is -2.32. The fourth-order valence-electron chi connectivity index (χ4n) is 3.33. The third-order valence-corrected chi connectivity index (χ3v) is 4.85. The fraction of sp³-hybridized carbons (Fsp3) is 0.318. The summed E-state index contributed by atoms with van der Waals surface area (Å²) in [7, 11) is 0. The van der Waals surface area contributed by atoms with Crippen LogP contribution in [0.2, 0.25) is 0 Å². The van der Waals surface area contributed by atoms with Crippen LogP contribution in [0.1, 0.15) is 36.0 Å². The highest BCUT2D eigenvalue weighted by Gasteiger charge is 2.28. The van der Waals surface area contributed by atoms with Gasteiger partial charge < -0.3 is 10.2 Å². The number of nitrogens with one attached hydrogen (secondary N) is 1. The first kappa shape index (κ1) is 18.8. The highest BCUT2D eigenvalue weighted by molar-refractivity contribution is 5.98. The third-order valence-electron chi connectivity index (χ3n) is 4.85. The summed E-state index contributed by atoms with van der Waals surface area (Å²) in [6, 6.07) is 18.3. The van der Waals surface area contributed by atoms with E-state index in [0.717, 1.165) is 18.5 Å². The Balaban J connectivity index is 1.50. The molecule has 3 rings (SSSR count). The van der Waals surface area contributed by atoms with Crippen molar-refractivity contribution < 1.29 is 14.4 Å². The molecule has 1 fully saturated rings. The molecule has 2 aromatic carbocycles. The number of likely N-dealkylation sites (tertiary alicyclic amines) is 1. The molecule has 0 aliphatic carbocycles. The predicted octanol–water partition coefficient (Wildman–Crippen LogP) is 3.53. The minimum Gasteiger partial charge on any atom is -0.342 e. The lowest BCUT2D eigenvalue weighted by Crippen LogP contribution is -2.43. The van der Waals surface area contributed by atoms with Crippen LogP contribution in [0.15, 0.2) is 60.7 Å². The molecule has 1 unspecified atom stereocenters. The maximum Gasteiger partial charge on any atom is 0.229 e. The number of para-hydroxylation sites is 1. The first-order valence-corrected chi connectivity index (χ1v) is 9.35. The van der Waals surface area contributed by atoms with Crippen LogP contribution in [0.3, 0.4) is 0 Å². The largest absolute Gasteiger partial charge is 0.342 e. The van der Waals surface area contributed by atoms with Crippen LogP contribution in [0.25, 0.3) is 0 Å². The molecule has 27 heavy (non-hydrogen) atoms. The molecular formula is C22H24N2O3. The van der Waals surface area contributed by atoms with Crippen molar-refractivity contribution >= 4 is 23.3 Å². The van der Waals surface area contributed by atoms with Crippen molar-refractivity contribution in [1.82, 2.24) is 4.90 Å². The Hall–Kier alpha value is -2.95. The van der Waals surface area contributed by atoms with Gasteiger partial charge in [0, 0.05) is 37.2 Å². The van der Waals surface area contributed by atoms with Gasteiger partial charge in [0.15, 0.2) is 5.78 Å². The van der Waals surface area contributed by atoms with Crippen LogP contribution in [-0.4, -0.2) is 35.6 Å². The zero-order valence-corrected chi connectivity index (χ0v) is 15.3. The van der Waals surface area contributed by atoms with E-state index < -0.39 is 0 Å². The zero-order valence-electron chi connectivity index (χ0n) is 15.3. The van der Waals surface area contributed by atoms with E-state index in [1.165, 1.54) is 0 Å². The summed E-state index contributed by atoms with van der Waals surface area (Å²) < 4.78 is 0. The predicted molar refractivity (Wildman–Crippen MR) is 104 cm³/mol. The summed E-state index contributed by atoms with van der Waals surface area (Å²) in [6.45, 7) is 1.06. The second-order valence-corrected chi connectivity index (χ2v) is 6.82. The molecule has 1 heterocycles. The van der Waals surface area contributed by atoms with Gasteiger partial charge >= 0.3 is 0 Å². The molecule has 1 aliphatic heterocycles. The summed E-state index contributed by atoms with van der Waals surface area (Å²) in [5.74, 6) is -0.359. The third kappa shape index (κ3) is 5.26. The monoisotopic (exact) mass is 364 g/mol. The Morgan fingerprint density at radius 2 is 1.59 bits per heavy atom. The molecule has 2 amide bonds. The average Bonchev–Trinajstić information content (AvgIpc) is 2.73. The lowest BCUT2D eigenvalue weighted by molar-refractivity contribution is -0.134. The first-order chi connectivity index (χ1) is 13.1. The van der Waals surface area contributed by atoms with E-state index in [-0.39, 0.29) is 36.4 Å². The molecular weight excluding hydrogens is 340 g/mol. The van der Waals surface area contributed by atoms with E-state index >= 15 is 0 Å². The van der Waals surface area contributed by atoms with Gasteiger partial charge in [-0.1, -0.05) is 48.5 Å². The van der Waals surface area contributed by atoms with E-state index in [0.29, 0.717) is 18.7 Å². The second-order valence-electron chi connectivity index (χ2n) is 6.82. The fourth-order valence-corrected chi connectivity index (χ4v) is 3.33. The van der Waals surface area contributed by atoms with Crippen molar-refractivity contribution in [3.63, 3.8) is 0 Å². The topological polar surface area (TPSA) is 66.5 Å². The number of ketones is 1. The zero-order chi connectivity index (χ0) is 19.1. The number of carbonyl (C=O) groups is 3. The summed E-state index contributed by atoms with van der Waals surface area (Å²) in [5.41, 5.74) is 1.39. The molecule has 0 bridgehead atoms. The van der Waals surface area contributed by atoms with Crippen LogP contribution in [0.4, 0.5) is 5.69 Å². The Labute approximate surface area is 159 Å².